The van der Waals surface area contributed by atoms with E-state index < -0.39 is 0 Å². The SMILES string of the molecule is Nc1ccc(-c2ccc(-c3nc4cc(O[C@H]5CCOC5)n(C5CCCCO5)c4cc3Cl)cc2)cc1. The summed E-state index contributed by atoms with van der Waals surface area (Å²) in [6.07, 6.45) is 3.98. The van der Waals surface area contributed by atoms with Crippen molar-refractivity contribution in [1.82, 2.24) is 9.55 Å². The van der Waals surface area contributed by atoms with Crippen LogP contribution in [0, 0.1) is 0 Å². The summed E-state index contributed by atoms with van der Waals surface area (Å²) in [7, 11) is 0. The molecule has 6 nitrogen and oxygen atoms in total. The van der Waals surface area contributed by atoms with Crippen molar-refractivity contribution in [2.75, 3.05) is 25.6 Å². The molecule has 0 radical (unpaired) electrons. The highest BCUT2D eigenvalue weighted by molar-refractivity contribution is 6.33. The number of rotatable bonds is 5. The van der Waals surface area contributed by atoms with Crippen LogP contribution in [0.1, 0.15) is 31.9 Å². The summed E-state index contributed by atoms with van der Waals surface area (Å²) in [5.41, 5.74) is 12.3. The molecule has 4 aromatic rings. The Balaban J connectivity index is 1.37. The van der Waals surface area contributed by atoms with E-state index in [0.29, 0.717) is 11.6 Å². The first kappa shape index (κ1) is 22.4. The second-order valence-electron chi connectivity index (χ2n) is 9.20. The van der Waals surface area contributed by atoms with Gasteiger partial charge >= 0.3 is 0 Å². The van der Waals surface area contributed by atoms with Gasteiger partial charge in [0.05, 0.1) is 35.0 Å². The minimum Gasteiger partial charge on any atom is -0.473 e. The fraction of sp³-hybridized carbons (Fsp3) is 0.321. The van der Waals surface area contributed by atoms with Gasteiger partial charge in [-0.25, -0.2) is 4.98 Å². The first-order chi connectivity index (χ1) is 17.2. The van der Waals surface area contributed by atoms with E-state index in [4.69, 9.17) is 36.5 Å². The van der Waals surface area contributed by atoms with Gasteiger partial charge in [0.25, 0.3) is 0 Å². The average molecular weight is 490 g/mol. The third-order valence-corrected chi connectivity index (χ3v) is 7.05. The first-order valence-electron chi connectivity index (χ1n) is 12.2. The second-order valence-corrected chi connectivity index (χ2v) is 9.61. The van der Waals surface area contributed by atoms with Gasteiger partial charge in [-0.05, 0) is 48.6 Å². The molecule has 0 spiro atoms. The Morgan fingerprint density at radius 3 is 2.34 bits per heavy atom. The van der Waals surface area contributed by atoms with Crippen LogP contribution in [0.2, 0.25) is 5.02 Å². The van der Waals surface area contributed by atoms with Crippen LogP contribution in [0.15, 0.2) is 60.7 Å². The molecule has 6 rings (SSSR count). The number of hydrogen-bond acceptors (Lipinski definition) is 5. The van der Waals surface area contributed by atoms with Crippen LogP contribution < -0.4 is 10.5 Å². The number of anilines is 1. The third kappa shape index (κ3) is 4.49. The minimum absolute atomic E-state index is 0.0393. The maximum absolute atomic E-state index is 6.81. The molecule has 35 heavy (non-hydrogen) atoms. The highest BCUT2D eigenvalue weighted by atomic mass is 35.5. The molecule has 1 unspecified atom stereocenters. The number of nitrogens with two attached hydrogens (primary N) is 1. The van der Waals surface area contributed by atoms with Crippen LogP contribution in [0.25, 0.3) is 33.4 Å². The zero-order valence-electron chi connectivity index (χ0n) is 19.5. The number of pyridine rings is 1. The molecule has 2 atom stereocenters. The summed E-state index contributed by atoms with van der Waals surface area (Å²) in [6.45, 7) is 2.08. The lowest BCUT2D eigenvalue weighted by Crippen LogP contribution is -2.22. The van der Waals surface area contributed by atoms with E-state index in [0.717, 1.165) is 83.9 Å². The van der Waals surface area contributed by atoms with Crippen LogP contribution in [-0.2, 0) is 9.47 Å². The molecule has 0 saturated carbocycles. The molecule has 0 bridgehead atoms. The van der Waals surface area contributed by atoms with Gasteiger partial charge in [0.2, 0.25) is 0 Å². The van der Waals surface area contributed by atoms with Crippen LogP contribution in [0.3, 0.4) is 0 Å². The lowest BCUT2D eigenvalue weighted by molar-refractivity contribution is -0.0349. The Hall–Kier alpha value is -3.06. The minimum atomic E-state index is -0.0820. The van der Waals surface area contributed by atoms with Crippen molar-refractivity contribution < 1.29 is 14.2 Å². The molecule has 2 aliphatic heterocycles. The van der Waals surface area contributed by atoms with Crippen molar-refractivity contribution >= 4 is 28.3 Å². The Morgan fingerprint density at radius 2 is 1.66 bits per heavy atom. The lowest BCUT2D eigenvalue weighted by atomic mass is 10.0. The second kappa shape index (κ2) is 9.53. The Kier molecular flexibility index (Phi) is 6.10. The van der Waals surface area contributed by atoms with E-state index >= 15 is 0 Å². The average Bonchev–Trinajstić information content (AvgIpc) is 3.52. The number of aromatic nitrogens is 2. The van der Waals surface area contributed by atoms with Gasteiger partial charge in [0.15, 0.2) is 5.88 Å². The zero-order chi connectivity index (χ0) is 23.8. The van der Waals surface area contributed by atoms with Crippen LogP contribution >= 0.6 is 11.6 Å². The molecule has 4 heterocycles. The monoisotopic (exact) mass is 489 g/mol. The Labute approximate surface area is 209 Å². The van der Waals surface area contributed by atoms with Crippen molar-refractivity contribution in [3.63, 3.8) is 0 Å². The number of fused-ring (bicyclic) bond motifs is 1. The van der Waals surface area contributed by atoms with Gasteiger partial charge in [-0.2, -0.15) is 0 Å². The molecular formula is C28H28ClN3O3. The quantitative estimate of drug-likeness (QED) is 0.325. The van der Waals surface area contributed by atoms with Gasteiger partial charge in [-0.15, -0.1) is 0 Å². The van der Waals surface area contributed by atoms with Crippen LogP contribution in [0.4, 0.5) is 5.69 Å². The number of benzene rings is 2. The number of ether oxygens (including phenoxy) is 3. The highest BCUT2D eigenvalue weighted by Gasteiger charge is 2.26. The van der Waals surface area contributed by atoms with Crippen molar-refractivity contribution in [3.8, 4) is 28.3 Å². The van der Waals surface area contributed by atoms with Crippen molar-refractivity contribution in [2.45, 2.75) is 38.0 Å². The molecule has 2 aliphatic rings. The molecule has 180 valence electrons. The molecule has 2 aromatic heterocycles. The van der Waals surface area contributed by atoms with E-state index in [1.807, 2.05) is 36.4 Å². The predicted octanol–water partition coefficient (Wildman–Crippen LogP) is 6.47. The van der Waals surface area contributed by atoms with Gasteiger partial charge in [0.1, 0.15) is 12.3 Å². The number of nitrogens with zero attached hydrogens (tertiary/aromatic N) is 2. The predicted molar refractivity (Wildman–Crippen MR) is 139 cm³/mol. The topological polar surface area (TPSA) is 71.5 Å². The van der Waals surface area contributed by atoms with Gasteiger partial charge in [-0.1, -0.05) is 48.0 Å². The Bertz CT molecular complexity index is 1320. The molecule has 2 N–H and O–H groups in total. The first-order valence-corrected chi connectivity index (χ1v) is 12.6. The molecular weight excluding hydrogens is 462 g/mol. The maximum Gasteiger partial charge on any atom is 0.198 e. The van der Waals surface area contributed by atoms with Crippen molar-refractivity contribution in [1.29, 1.82) is 0 Å². The third-order valence-electron chi connectivity index (χ3n) is 6.76. The molecule has 2 fully saturated rings. The molecule has 2 saturated heterocycles. The summed E-state index contributed by atoms with van der Waals surface area (Å²) in [5.74, 6) is 0.766. The molecule has 2 aromatic carbocycles. The summed E-state index contributed by atoms with van der Waals surface area (Å²) < 4.78 is 20.1. The fourth-order valence-corrected chi connectivity index (χ4v) is 5.14. The van der Waals surface area contributed by atoms with Crippen LogP contribution in [-0.4, -0.2) is 35.5 Å². The van der Waals surface area contributed by atoms with Gasteiger partial charge < -0.3 is 19.9 Å². The van der Waals surface area contributed by atoms with E-state index in [-0.39, 0.29) is 12.3 Å². The summed E-state index contributed by atoms with van der Waals surface area (Å²) in [4.78, 5) is 4.97. The van der Waals surface area contributed by atoms with E-state index in [2.05, 4.69) is 28.8 Å². The van der Waals surface area contributed by atoms with E-state index in [1.165, 1.54) is 0 Å². The summed E-state index contributed by atoms with van der Waals surface area (Å²) in [6, 6.07) is 20.1. The van der Waals surface area contributed by atoms with Gasteiger partial charge in [0, 0.05) is 30.3 Å². The van der Waals surface area contributed by atoms with Gasteiger partial charge in [-0.3, -0.25) is 4.57 Å². The summed E-state index contributed by atoms with van der Waals surface area (Å²) in [5, 5.41) is 0.601. The normalized spacial score (nSPS) is 20.4. The molecule has 0 aliphatic carbocycles. The van der Waals surface area contributed by atoms with Crippen molar-refractivity contribution in [2.24, 2.45) is 0 Å². The number of hydrogen-bond donors (Lipinski definition) is 1. The van der Waals surface area contributed by atoms with E-state index in [9.17, 15) is 0 Å². The highest BCUT2D eigenvalue weighted by Crippen LogP contribution is 2.38. The summed E-state index contributed by atoms with van der Waals surface area (Å²) >= 11 is 6.81. The van der Waals surface area contributed by atoms with Crippen molar-refractivity contribution in [3.05, 3.63) is 65.7 Å². The standard InChI is InChI=1S/C28H28ClN3O3/c29-23-15-25-24(16-27(35-22-12-14-33-17-22)32(25)26-3-1-2-13-34-26)31-28(23)20-6-4-18(5-7-20)19-8-10-21(30)11-9-19/h4-11,15-16,22,26H,1-3,12-14,17,30H2/t22-,26?/m0/s1. The molecule has 7 heteroatoms. The largest absolute Gasteiger partial charge is 0.473 e. The Morgan fingerprint density at radius 1 is 0.914 bits per heavy atom. The lowest BCUT2D eigenvalue weighted by Gasteiger charge is -2.27. The smallest absolute Gasteiger partial charge is 0.198 e. The van der Waals surface area contributed by atoms with Crippen LogP contribution in [0.5, 0.6) is 5.88 Å². The molecule has 0 amide bonds. The fourth-order valence-electron chi connectivity index (χ4n) is 4.89. The van der Waals surface area contributed by atoms with E-state index in [1.54, 1.807) is 0 Å². The zero-order valence-corrected chi connectivity index (χ0v) is 20.2. The maximum atomic E-state index is 6.81. The number of nitrogen functional groups attached to an aromatic ring is 1. The number of halogens is 1.